The monoisotopic (exact) mass is 548 g/mol. The van der Waals surface area contributed by atoms with Gasteiger partial charge in [0, 0.05) is 49.1 Å². The summed E-state index contributed by atoms with van der Waals surface area (Å²) < 4.78 is 37.2. The number of pyridine rings is 1. The molecule has 2 aromatic carbocycles. The molecule has 1 aliphatic carbocycles. The third kappa shape index (κ3) is 3.84. The molecule has 2 atom stereocenters. The predicted molar refractivity (Wildman–Crippen MR) is 142 cm³/mol. The molecule has 0 spiro atoms. The molecule has 0 radical (unpaired) electrons. The second-order valence-electron chi connectivity index (χ2n) is 11.8. The number of hydrogen-bond donors (Lipinski definition) is 2. The molecule has 10 heteroatoms. The van der Waals surface area contributed by atoms with Gasteiger partial charge >= 0.3 is 6.03 Å². The summed E-state index contributed by atoms with van der Waals surface area (Å²) >= 11 is 0. The van der Waals surface area contributed by atoms with Gasteiger partial charge in [0.2, 0.25) is 5.91 Å². The Morgan fingerprint density at radius 1 is 1.07 bits per heavy atom. The van der Waals surface area contributed by atoms with E-state index in [1.54, 1.807) is 24.3 Å². The molecule has 2 unspecified atom stereocenters. The Bertz CT molecular complexity index is 1580. The first-order chi connectivity index (χ1) is 19.1. The lowest BCUT2D eigenvalue weighted by Crippen LogP contribution is -2.49. The van der Waals surface area contributed by atoms with Crippen LogP contribution in [0.15, 0.2) is 42.6 Å². The lowest BCUT2D eigenvalue weighted by Gasteiger charge is -2.37. The number of epoxide rings is 1. The summed E-state index contributed by atoms with van der Waals surface area (Å²) in [6.45, 7) is 3.90. The van der Waals surface area contributed by atoms with E-state index in [0.717, 1.165) is 12.0 Å². The van der Waals surface area contributed by atoms with Crippen molar-refractivity contribution in [3.8, 4) is 0 Å². The molecule has 2 N–H and O–H groups in total. The van der Waals surface area contributed by atoms with Crippen LogP contribution in [-0.2, 0) is 27.3 Å². The van der Waals surface area contributed by atoms with Crippen molar-refractivity contribution < 1.29 is 28.2 Å². The van der Waals surface area contributed by atoms with Crippen molar-refractivity contribution >= 4 is 28.5 Å². The average Bonchev–Trinajstić information content (AvgIpc) is 3.53. The number of urea groups is 1. The van der Waals surface area contributed by atoms with Crippen LogP contribution in [-0.4, -0.2) is 52.2 Å². The van der Waals surface area contributed by atoms with Gasteiger partial charge in [-0.25, -0.2) is 13.6 Å². The molecule has 3 aliphatic heterocycles. The van der Waals surface area contributed by atoms with Crippen LogP contribution in [0.4, 0.5) is 19.3 Å². The van der Waals surface area contributed by atoms with Crippen LogP contribution >= 0.6 is 0 Å². The zero-order chi connectivity index (χ0) is 27.9. The molecule has 3 aromatic rings. The van der Waals surface area contributed by atoms with Crippen LogP contribution in [0.3, 0.4) is 0 Å². The number of carbonyl (C=O) groups excluding carboxylic acids is 2. The first kappa shape index (κ1) is 25.5. The van der Waals surface area contributed by atoms with Gasteiger partial charge in [0.05, 0.1) is 23.0 Å². The highest BCUT2D eigenvalue weighted by Gasteiger charge is 2.70. The van der Waals surface area contributed by atoms with Crippen molar-refractivity contribution in [2.45, 2.75) is 62.4 Å². The number of anilines is 1. The van der Waals surface area contributed by atoms with Gasteiger partial charge in [0.25, 0.3) is 0 Å². The normalized spacial score (nSPS) is 27.8. The fourth-order valence-electron chi connectivity index (χ4n) is 6.76. The summed E-state index contributed by atoms with van der Waals surface area (Å²) in [6, 6.07) is 9.63. The van der Waals surface area contributed by atoms with Gasteiger partial charge in [0.1, 0.15) is 22.8 Å². The van der Waals surface area contributed by atoms with E-state index in [9.17, 15) is 19.1 Å². The van der Waals surface area contributed by atoms with Gasteiger partial charge in [-0.1, -0.05) is 18.2 Å². The van der Waals surface area contributed by atoms with Crippen molar-refractivity contribution in [3.63, 3.8) is 0 Å². The quantitative estimate of drug-likeness (QED) is 0.464. The Morgan fingerprint density at radius 2 is 1.88 bits per heavy atom. The first-order valence-electron chi connectivity index (χ1n) is 13.7. The minimum Gasteiger partial charge on any atom is -0.385 e. The molecule has 8 nitrogen and oxygen atoms in total. The number of nitrogens with zero attached hydrogens (tertiary/aromatic N) is 3. The molecule has 40 heavy (non-hydrogen) atoms. The number of hydrogen-bond acceptors (Lipinski definition) is 6. The molecule has 7 rings (SSSR count). The topological polar surface area (TPSA) is 98.3 Å². The maximum Gasteiger partial charge on any atom is 0.328 e. The van der Waals surface area contributed by atoms with Gasteiger partial charge in [-0.3, -0.25) is 24.9 Å². The van der Waals surface area contributed by atoms with Crippen molar-refractivity contribution in [1.82, 2.24) is 15.2 Å². The third-order valence-corrected chi connectivity index (χ3v) is 9.22. The van der Waals surface area contributed by atoms with E-state index in [2.05, 4.69) is 15.2 Å². The summed E-state index contributed by atoms with van der Waals surface area (Å²) in [6.07, 6.45) is 4.31. The number of rotatable bonds is 5. The number of nitrogens with one attached hydrogen (secondary N) is 1. The van der Waals surface area contributed by atoms with Crippen molar-refractivity contribution in [1.29, 1.82) is 0 Å². The second-order valence-corrected chi connectivity index (χ2v) is 11.8. The maximum atomic E-state index is 16.1. The van der Waals surface area contributed by atoms with E-state index in [-0.39, 0.29) is 30.1 Å². The zero-order valence-corrected chi connectivity index (χ0v) is 22.2. The Kier molecular flexibility index (Phi) is 5.59. The van der Waals surface area contributed by atoms with Gasteiger partial charge in [0.15, 0.2) is 0 Å². The predicted octanol–water partition coefficient (Wildman–Crippen LogP) is 4.22. The largest absolute Gasteiger partial charge is 0.385 e. The minimum atomic E-state index is -1.04. The average molecular weight is 549 g/mol. The van der Waals surface area contributed by atoms with E-state index in [1.807, 2.05) is 13.0 Å². The molecule has 208 valence electrons. The van der Waals surface area contributed by atoms with Gasteiger partial charge in [-0.05, 0) is 56.4 Å². The summed E-state index contributed by atoms with van der Waals surface area (Å²) in [7, 11) is 0. The van der Waals surface area contributed by atoms with E-state index in [0.29, 0.717) is 61.2 Å². The highest BCUT2D eigenvalue weighted by Crippen LogP contribution is 2.61. The fraction of sp³-hybridized carbons (Fsp3) is 0.433. The van der Waals surface area contributed by atoms with E-state index < -0.39 is 28.7 Å². The van der Waals surface area contributed by atoms with E-state index >= 15 is 4.39 Å². The lowest BCUT2D eigenvalue weighted by atomic mass is 9.75. The summed E-state index contributed by atoms with van der Waals surface area (Å²) in [5.74, 6) is -1.14. The van der Waals surface area contributed by atoms with E-state index in [4.69, 9.17) is 4.74 Å². The standard InChI is InChI=1S/C30H30F2N4O4/c1-28-17-35(16-18-3-4-21(23(31)13-18)29(39)8-2-9-29)12-10-30(28,40-28)22-5-6-24-20(26(22)32)14-19(15-33-24)36-11-7-25(37)34-27(36)38/h3-6,13-15,39H,2,7-12,16-17H2,1H3,(H,34,37,38). The van der Waals surface area contributed by atoms with Gasteiger partial charge < -0.3 is 9.84 Å². The second kappa shape index (κ2) is 8.76. The smallest absolute Gasteiger partial charge is 0.328 e. The summed E-state index contributed by atoms with van der Waals surface area (Å²) in [5.41, 5.74) is 0.101. The summed E-state index contributed by atoms with van der Waals surface area (Å²) in [5, 5.41) is 13.1. The Labute approximate surface area is 229 Å². The molecule has 3 amide bonds. The number of likely N-dealkylation sites (tertiary alicyclic amines) is 1. The third-order valence-electron chi connectivity index (χ3n) is 9.22. The molecule has 3 saturated heterocycles. The number of piperidine rings is 1. The number of amides is 3. The number of aliphatic hydroxyl groups is 1. The van der Waals surface area contributed by atoms with Crippen LogP contribution in [0.5, 0.6) is 0 Å². The van der Waals surface area contributed by atoms with Crippen LogP contribution in [0.25, 0.3) is 10.9 Å². The highest BCUT2D eigenvalue weighted by atomic mass is 19.1. The number of fused-ring (bicyclic) bond motifs is 2. The first-order valence-corrected chi connectivity index (χ1v) is 13.7. The Morgan fingerprint density at radius 3 is 2.58 bits per heavy atom. The van der Waals surface area contributed by atoms with Crippen LogP contribution in [0.2, 0.25) is 0 Å². The van der Waals surface area contributed by atoms with Crippen molar-refractivity contribution in [2.24, 2.45) is 0 Å². The van der Waals surface area contributed by atoms with Crippen LogP contribution in [0, 0.1) is 11.6 Å². The highest BCUT2D eigenvalue weighted by molar-refractivity contribution is 6.06. The van der Waals surface area contributed by atoms with Crippen molar-refractivity contribution in [2.75, 3.05) is 24.5 Å². The Balaban J connectivity index is 1.11. The molecular formula is C30H30F2N4O4. The zero-order valence-electron chi connectivity index (χ0n) is 22.2. The number of imide groups is 1. The number of halogens is 2. The molecule has 4 heterocycles. The maximum absolute atomic E-state index is 16.1. The van der Waals surface area contributed by atoms with E-state index in [1.165, 1.54) is 17.2 Å². The Hall–Kier alpha value is -3.47. The fourth-order valence-corrected chi connectivity index (χ4v) is 6.76. The summed E-state index contributed by atoms with van der Waals surface area (Å²) in [4.78, 5) is 31.8. The van der Waals surface area contributed by atoms with Crippen LogP contribution in [0.1, 0.15) is 55.7 Å². The van der Waals surface area contributed by atoms with Gasteiger partial charge in [-0.2, -0.15) is 0 Å². The molecule has 1 saturated carbocycles. The SMILES string of the molecule is CC12CN(Cc3ccc(C4(O)CCC4)c(F)c3)CCC1(c1ccc3ncc(N4CCC(=O)NC4=O)cc3c1F)O2. The van der Waals surface area contributed by atoms with Crippen LogP contribution < -0.4 is 10.2 Å². The van der Waals surface area contributed by atoms with Crippen molar-refractivity contribution in [3.05, 3.63) is 70.9 Å². The molecule has 4 aliphatic rings. The molecule has 1 aromatic heterocycles. The lowest BCUT2D eigenvalue weighted by molar-refractivity contribution is -0.120. The molecule has 0 bridgehead atoms. The minimum absolute atomic E-state index is 0.164. The molecule has 4 fully saturated rings. The molecular weight excluding hydrogens is 518 g/mol. The van der Waals surface area contributed by atoms with Gasteiger partial charge in [-0.15, -0.1) is 0 Å². The number of benzene rings is 2. The number of aromatic nitrogens is 1. The number of ether oxygens (including phenoxy) is 1. The number of carbonyl (C=O) groups is 2.